The van der Waals surface area contributed by atoms with Crippen LogP contribution < -0.4 is 14.4 Å². The van der Waals surface area contributed by atoms with Crippen molar-refractivity contribution >= 4 is 43.8 Å². The van der Waals surface area contributed by atoms with Crippen molar-refractivity contribution in [2.75, 3.05) is 29.5 Å². The maximum atomic E-state index is 12.4. The summed E-state index contributed by atoms with van der Waals surface area (Å²) < 4.78 is 30.9. The molecule has 0 atom stereocenters. The fraction of sp³-hybridized carbons (Fsp3) is 0.286. The minimum atomic E-state index is -3.72. The molecule has 1 aromatic heterocycles. The lowest BCUT2D eigenvalue weighted by atomic mass is 10.1. The van der Waals surface area contributed by atoms with Gasteiger partial charge in [0.2, 0.25) is 21.1 Å². The number of non-ortho nitro benzene ring substituents is 1. The second-order valence-corrected chi connectivity index (χ2v) is 10.2. The Morgan fingerprint density at radius 3 is 2.53 bits per heavy atom. The van der Waals surface area contributed by atoms with Crippen LogP contribution in [0.3, 0.4) is 0 Å². The molecule has 3 rings (SSSR count). The van der Waals surface area contributed by atoms with Crippen molar-refractivity contribution in [2.24, 2.45) is 0 Å². The summed E-state index contributed by atoms with van der Waals surface area (Å²) in [6.07, 6.45) is 1.25. The molecule has 11 nitrogen and oxygen atoms in total. The van der Waals surface area contributed by atoms with Gasteiger partial charge < -0.3 is 10.1 Å². The summed E-state index contributed by atoms with van der Waals surface area (Å²) in [5, 5.41) is 22.8. The molecule has 0 saturated carbocycles. The number of aryl methyl sites for hydroxylation is 1. The van der Waals surface area contributed by atoms with Crippen molar-refractivity contribution in [2.45, 2.75) is 19.8 Å². The minimum Gasteiger partial charge on any atom is -0.497 e. The van der Waals surface area contributed by atoms with Crippen molar-refractivity contribution in [1.29, 1.82) is 0 Å². The number of rotatable bonds is 10. The van der Waals surface area contributed by atoms with E-state index >= 15 is 0 Å². The Morgan fingerprint density at radius 1 is 1.21 bits per heavy atom. The van der Waals surface area contributed by atoms with E-state index in [0.29, 0.717) is 21.5 Å². The standard InChI is InChI=1S/C21H23N5O6S2/c1-14-6-9-16(26(28)29)13-18(14)25(34(3,30)31)12-4-5-19(27)22-21-24-23-20(33-21)15-7-10-17(32-2)11-8-15/h6-11,13H,4-5,12H2,1-3H3,(H,22,24,27). The van der Waals surface area contributed by atoms with Gasteiger partial charge in [0.25, 0.3) is 5.69 Å². The molecule has 34 heavy (non-hydrogen) atoms. The molecule has 0 fully saturated rings. The van der Waals surface area contributed by atoms with Gasteiger partial charge in [-0.1, -0.05) is 17.4 Å². The molecule has 13 heteroatoms. The first-order chi connectivity index (χ1) is 16.1. The van der Waals surface area contributed by atoms with Crippen molar-refractivity contribution in [3.63, 3.8) is 0 Å². The number of carbonyl (C=O) groups is 1. The maximum absolute atomic E-state index is 12.4. The van der Waals surface area contributed by atoms with Gasteiger partial charge in [0.15, 0.2) is 0 Å². The number of amides is 1. The fourth-order valence-corrected chi connectivity index (χ4v) is 4.91. The number of methoxy groups -OCH3 is 1. The highest BCUT2D eigenvalue weighted by molar-refractivity contribution is 7.92. The smallest absolute Gasteiger partial charge is 0.271 e. The van der Waals surface area contributed by atoms with Gasteiger partial charge in [-0.2, -0.15) is 0 Å². The number of benzene rings is 2. The molecule has 0 aliphatic heterocycles. The van der Waals surface area contributed by atoms with Crippen LogP contribution >= 0.6 is 11.3 Å². The Bertz CT molecular complexity index is 1290. The minimum absolute atomic E-state index is 0.0124. The van der Waals surface area contributed by atoms with Crippen LogP contribution in [0.4, 0.5) is 16.5 Å². The number of nitro benzene ring substituents is 1. The van der Waals surface area contributed by atoms with Crippen LogP contribution in [0.1, 0.15) is 18.4 Å². The number of sulfonamides is 1. The van der Waals surface area contributed by atoms with Crippen LogP contribution in [-0.2, 0) is 14.8 Å². The molecule has 1 amide bonds. The van der Waals surface area contributed by atoms with Gasteiger partial charge in [-0.05, 0) is 43.2 Å². The number of ether oxygens (including phenoxy) is 1. The molecular formula is C21H23N5O6S2. The number of nitro groups is 1. The molecule has 180 valence electrons. The van der Waals surface area contributed by atoms with Gasteiger partial charge in [0.05, 0.1) is 24.0 Å². The van der Waals surface area contributed by atoms with Crippen LogP contribution in [0.5, 0.6) is 5.75 Å². The molecule has 2 aromatic carbocycles. The fourth-order valence-electron chi connectivity index (χ4n) is 3.13. The SMILES string of the molecule is COc1ccc(-c2nnc(NC(=O)CCCN(c3cc([N+](=O)[O-])ccc3C)S(C)(=O)=O)s2)cc1. The highest BCUT2D eigenvalue weighted by Gasteiger charge is 2.22. The Kier molecular flexibility index (Phi) is 7.79. The second kappa shape index (κ2) is 10.6. The molecule has 0 aliphatic rings. The number of aromatic nitrogens is 2. The molecule has 0 saturated heterocycles. The van der Waals surface area contributed by atoms with Gasteiger partial charge in [-0.25, -0.2) is 8.42 Å². The Morgan fingerprint density at radius 2 is 1.91 bits per heavy atom. The summed E-state index contributed by atoms with van der Waals surface area (Å²) in [6, 6.07) is 11.3. The van der Waals surface area contributed by atoms with Gasteiger partial charge in [0.1, 0.15) is 10.8 Å². The lowest BCUT2D eigenvalue weighted by Crippen LogP contribution is -2.32. The lowest BCUT2D eigenvalue weighted by molar-refractivity contribution is -0.384. The van der Waals surface area contributed by atoms with Crippen LogP contribution in [0.25, 0.3) is 10.6 Å². The molecule has 1 N–H and O–H groups in total. The van der Waals surface area contributed by atoms with Crippen LogP contribution in [0.15, 0.2) is 42.5 Å². The summed E-state index contributed by atoms with van der Waals surface area (Å²) >= 11 is 1.21. The summed E-state index contributed by atoms with van der Waals surface area (Å²) in [5.74, 6) is 0.367. The normalized spacial score (nSPS) is 11.1. The average Bonchev–Trinajstić information content (AvgIpc) is 3.25. The maximum Gasteiger partial charge on any atom is 0.271 e. The van der Waals surface area contributed by atoms with E-state index in [-0.39, 0.29) is 36.7 Å². The third-order valence-corrected chi connectivity index (χ3v) is 6.91. The predicted octanol–water partition coefficient (Wildman–Crippen LogP) is 3.62. The van der Waals surface area contributed by atoms with E-state index in [1.54, 1.807) is 26.2 Å². The average molecular weight is 506 g/mol. The highest BCUT2D eigenvalue weighted by Crippen LogP contribution is 2.29. The van der Waals surface area contributed by atoms with Gasteiger partial charge in [-0.3, -0.25) is 19.2 Å². The lowest BCUT2D eigenvalue weighted by Gasteiger charge is -2.23. The first-order valence-electron chi connectivity index (χ1n) is 10.1. The van der Waals surface area contributed by atoms with Gasteiger partial charge in [-0.15, -0.1) is 10.2 Å². The molecule has 3 aromatic rings. The second-order valence-electron chi connectivity index (χ2n) is 7.36. The number of carbonyl (C=O) groups excluding carboxylic acids is 1. The first-order valence-corrected chi connectivity index (χ1v) is 12.8. The van der Waals surface area contributed by atoms with E-state index in [4.69, 9.17) is 4.74 Å². The topological polar surface area (TPSA) is 145 Å². The van der Waals surface area contributed by atoms with Gasteiger partial charge >= 0.3 is 0 Å². The summed E-state index contributed by atoms with van der Waals surface area (Å²) in [5.41, 5.74) is 1.40. The van der Waals surface area contributed by atoms with E-state index in [9.17, 15) is 23.3 Å². The third-order valence-electron chi connectivity index (χ3n) is 4.85. The van der Waals surface area contributed by atoms with Crippen LogP contribution in [0.2, 0.25) is 0 Å². The molecule has 0 spiro atoms. The molecule has 0 radical (unpaired) electrons. The Balaban J connectivity index is 1.62. The van der Waals surface area contributed by atoms with E-state index < -0.39 is 14.9 Å². The first kappa shape index (κ1) is 25.1. The van der Waals surface area contributed by atoms with Crippen molar-refractivity contribution in [3.8, 4) is 16.3 Å². The molecule has 0 aliphatic carbocycles. The Labute approximate surface area is 200 Å². The van der Waals surface area contributed by atoms with Crippen molar-refractivity contribution in [1.82, 2.24) is 10.2 Å². The largest absolute Gasteiger partial charge is 0.497 e. The van der Waals surface area contributed by atoms with E-state index in [1.165, 1.54) is 29.5 Å². The summed E-state index contributed by atoms with van der Waals surface area (Å²) in [4.78, 5) is 22.9. The molecule has 0 bridgehead atoms. The number of hydrogen-bond donors (Lipinski definition) is 1. The van der Waals surface area contributed by atoms with Crippen LogP contribution in [-0.4, -0.2) is 49.4 Å². The quantitative estimate of drug-likeness (QED) is 0.325. The van der Waals surface area contributed by atoms with Crippen LogP contribution in [0, 0.1) is 17.0 Å². The summed E-state index contributed by atoms with van der Waals surface area (Å²) in [7, 11) is -2.15. The Hall–Kier alpha value is -3.58. The zero-order valence-electron chi connectivity index (χ0n) is 18.7. The van der Waals surface area contributed by atoms with Crippen molar-refractivity contribution in [3.05, 3.63) is 58.1 Å². The number of nitrogens with zero attached hydrogens (tertiary/aromatic N) is 4. The zero-order chi connectivity index (χ0) is 24.9. The highest BCUT2D eigenvalue weighted by atomic mass is 32.2. The monoisotopic (exact) mass is 505 g/mol. The third kappa shape index (κ3) is 6.26. The number of hydrogen-bond acceptors (Lipinski definition) is 9. The van der Waals surface area contributed by atoms with Crippen molar-refractivity contribution < 1.29 is 22.9 Å². The summed E-state index contributed by atoms with van der Waals surface area (Å²) in [6.45, 7) is 1.65. The molecule has 0 unspecified atom stereocenters. The van der Waals surface area contributed by atoms with E-state index in [2.05, 4.69) is 15.5 Å². The van der Waals surface area contributed by atoms with E-state index in [0.717, 1.165) is 16.1 Å². The van der Waals surface area contributed by atoms with E-state index in [1.807, 2.05) is 12.1 Å². The molecular weight excluding hydrogens is 482 g/mol. The zero-order valence-corrected chi connectivity index (χ0v) is 20.4. The number of nitrogens with one attached hydrogen (secondary N) is 1. The number of anilines is 2. The van der Waals surface area contributed by atoms with Gasteiger partial charge in [0, 0.05) is 30.7 Å². The predicted molar refractivity (Wildman–Crippen MR) is 130 cm³/mol. The molecule has 1 heterocycles.